The van der Waals surface area contributed by atoms with Crippen LogP contribution in [0.5, 0.6) is 0 Å². The minimum Gasteiger partial charge on any atom is -0.412 e. The van der Waals surface area contributed by atoms with Crippen molar-refractivity contribution in [2.75, 3.05) is 10.1 Å². The first kappa shape index (κ1) is 19.2. The van der Waals surface area contributed by atoms with E-state index in [1.165, 1.54) is 31.7 Å². The standard InChI is InChI=1S/C13H11F3N6O3S2/c1-2-27(23,24)22(9-6-17-3-4-18-9)7-10-19-5-8(26-10)11-20-21-12(25-11)13(14,15)16/h3-6H,2,7H2,1H3. The van der Waals surface area contributed by atoms with Crippen LogP contribution in [0, 0.1) is 0 Å². The summed E-state index contributed by atoms with van der Waals surface area (Å²) in [5, 5.41) is 6.60. The molecule has 0 aliphatic carbocycles. The molecule has 0 atom stereocenters. The minimum atomic E-state index is -4.75. The Labute approximate surface area is 155 Å². The van der Waals surface area contributed by atoms with Crippen LogP contribution >= 0.6 is 11.3 Å². The molecular formula is C13H11F3N6O3S2. The van der Waals surface area contributed by atoms with Crippen LogP contribution in [0.25, 0.3) is 10.8 Å². The van der Waals surface area contributed by atoms with Gasteiger partial charge in [-0.1, -0.05) is 0 Å². The van der Waals surface area contributed by atoms with Crippen molar-refractivity contribution in [3.63, 3.8) is 0 Å². The molecule has 3 aromatic heterocycles. The molecule has 0 saturated heterocycles. The van der Waals surface area contributed by atoms with E-state index in [1.807, 2.05) is 0 Å². The zero-order valence-corrected chi connectivity index (χ0v) is 15.2. The van der Waals surface area contributed by atoms with Crippen molar-refractivity contribution in [2.45, 2.75) is 19.6 Å². The van der Waals surface area contributed by atoms with Crippen LogP contribution in [-0.4, -0.2) is 39.3 Å². The van der Waals surface area contributed by atoms with Gasteiger partial charge in [0.15, 0.2) is 5.82 Å². The maximum Gasteiger partial charge on any atom is 0.470 e. The summed E-state index contributed by atoms with van der Waals surface area (Å²) in [5.41, 5.74) is 0. The van der Waals surface area contributed by atoms with Crippen LogP contribution in [0.15, 0.2) is 29.2 Å². The van der Waals surface area contributed by atoms with E-state index in [2.05, 4.69) is 29.6 Å². The number of alkyl halides is 3. The topological polar surface area (TPSA) is 115 Å². The Kier molecular flexibility index (Phi) is 5.10. The predicted octanol–water partition coefficient (Wildman–Crippen LogP) is 2.36. The summed E-state index contributed by atoms with van der Waals surface area (Å²) in [5.74, 6) is -1.90. The summed E-state index contributed by atoms with van der Waals surface area (Å²) >= 11 is 0.931. The summed E-state index contributed by atoms with van der Waals surface area (Å²) in [6, 6.07) is 0. The van der Waals surface area contributed by atoms with E-state index in [0.29, 0.717) is 5.01 Å². The largest absolute Gasteiger partial charge is 0.470 e. The van der Waals surface area contributed by atoms with Crippen molar-refractivity contribution in [3.8, 4) is 10.8 Å². The lowest BCUT2D eigenvalue weighted by atomic mass is 10.5. The maximum atomic E-state index is 12.6. The van der Waals surface area contributed by atoms with E-state index in [9.17, 15) is 21.6 Å². The van der Waals surface area contributed by atoms with Gasteiger partial charge in [-0.3, -0.25) is 4.98 Å². The normalized spacial score (nSPS) is 12.3. The molecule has 27 heavy (non-hydrogen) atoms. The van der Waals surface area contributed by atoms with E-state index in [1.54, 1.807) is 0 Å². The summed E-state index contributed by atoms with van der Waals surface area (Å²) in [6.45, 7) is 1.31. The SMILES string of the molecule is CCS(=O)(=O)N(Cc1ncc(-c2nnc(C(F)(F)F)o2)s1)c1cnccn1. The lowest BCUT2D eigenvalue weighted by Crippen LogP contribution is -2.32. The van der Waals surface area contributed by atoms with Gasteiger partial charge in [0.1, 0.15) is 9.88 Å². The predicted molar refractivity (Wildman–Crippen MR) is 88.1 cm³/mol. The van der Waals surface area contributed by atoms with Gasteiger partial charge in [-0.25, -0.2) is 22.7 Å². The first-order valence-corrected chi connectivity index (χ1v) is 9.75. The molecule has 3 rings (SSSR count). The van der Waals surface area contributed by atoms with E-state index in [-0.39, 0.29) is 28.9 Å². The van der Waals surface area contributed by atoms with Gasteiger partial charge in [0.05, 0.1) is 24.7 Å². The fourth-order valence-corrected chi connectivity index (χ4v) is 3.86. The highest BCUT2D eigenvalue weighted by Crippen LogP contribution is 2.32. The third kappa shape index (κ3) is 4.21. The van der Waals surface area contributed by atoms with Gasteiger partial charge < -0.3 is 4.42 Å². The average molecular weight is 420 g/mol. The molecule has 9 nitrogen and oxygen atoms in total. The van der Waals surface area contributed by atoms with Crippen LogP contribution in [-0.2, 0) is 22.7 Å². The smallest absolute Gasteiger partial charge is 0.412 e. The molecule has 0 aromatic carbocycles. The van der Waals surface area contributed by atoms with Crippen LogP contribution in [0.2, 0.25) is 0 Å². The molecule has 0 amide bonds. The third-order valence-electron chi connectivity index (χ3n) is 3.22. The molecule has 0 aliphatic rings. The summed E-state index contributed by atoms with van der Waals surface area (Å²) in [6.07, 6.45) is 0.515. The second-order valence-electron chi connectivity index (χ2n) is 5.00. The Bertz CT molecular complexity index is 1020. The fourth-order valence-electron chi connectivity index (χ4n) is 1.94. The fraction of sp³-hybridized carbons (Fsp3) is 0.308. The number of nitrogens with zero attached hydrogens (tertiary/aromatic N) is 6. The number of halogens is 3. The first-order valence-electron chi connectivity index (χ1n) is 7.33. The molecule has 0 aliphatic heterocycles. The molecule has 0 fully saturated rings. The number of anilines is 1. The van der Waals surface area contributed by atoms with Crippen molar-refractivity contribution in [1.82, 2.24) is 25.1 Å². The zero-order chi connectivity index (χ0) is 19.7. The van der Waals surface area contributed by atoms with E-state index in [4.69, 9.17) is 0 Å². The Hall–Kier alpha value is -2.61. The lowest BCUT2D eigenvalue weighted by Gasteiger charge is -2.20. The van der Waals surface area contributed by atoms with Gasteiger partial charge in [-0.15, -0.1) is 21.5 Å². The zero-order valence-electron chi connectivity index (χ0n) is 13.6. The van der Waals surface area contributed by atoms with Crippen molar-refractivity contribution < 1.29 is 26.0 Å². The van der Waals surface area contributed by atoms with Gasteiger partial charge in [0, 0.05) is 12.4 Å². The highest BCUT2D eigenvalue weighted by Gasteiger charge is 2.38. The Morgan fingerprint density at radius 2 is 1.96 bits per heavy atom. The molecule has 144 valence electrons. The van der Waals surface area contributed by atoms with Crippen LogP contribution in [0.3, 0.4) is 0 Å². The molecule has 0 N–H and O–H groups in total. The summed E-state index contributed by atoms with van der Waals surface area (Å²) < 4.78 is 68.0. The molecule has 0 bridgehead atoms. The summed E-state index contributed by atoms with van der Waals surface area (Å²) in [7, 11) is -3.68. The molecule has 3 aromatic rings. The lowest BCUT2D eigenvalue weighted by molar-refractivity contribution is -0.156. The Morgan fingerprint density at radius 3 is 2.56 bits per heavy atom. The van der Waals surface area contributed by atoms with Gasteiger partial charge in [-0.05, 0) is 6.92 Å². The minimum absolute atomic E-state index is 0.105. The number of sulfonamides is 1. The molecule has 0 unspecified atom stereocenters. The molecule has 0 saturated carbocycles. The highest BCUT2D eigenvalue weighted by molar-refractivity contribution is 7.92. The number of aromatic nitrogens is 5. The van der Waals surface area contributed by atoms with Crippen LogP contribution in [0.1, 0.15) is 17.8 Å². The van der Waals surface area contributed by atoms with Crippen LogP contribution < -0.4 is 4.31 Å². The Morgan fingerprint density at radius 1 is 1.19 bits per heavy atom. The second kappa shape index (κ2) is 7.19. The quantitative estimate of drug-likeness (QED) is 0.597. The first-order chi connectivity index (χ1) is 12.7. The Balaban J connectivity index is 1.88. The third-order valence-corrected chi connectivity index (χ3v) is 5.90. The number of thiazole rings is 1. The van der Waals surface area contributed by atoms with Crippen LogP contribution in [0.4, 0.5) is 19.0 Å². The van der Waals surface area contributed by atoms with Gasteiger partial charge in [0.2, 0.25) is 10.0 Å². The van der Waals surface area contributed by atoms with Crippen molar-refractivity contribution in [2.24, 2.45) is 0 Å². The number of rotatable bonds is 6. The van der Waals surface area contributed by atoms with E-state index >= 15 is 0 Å². The second-order valence-corrected chi connectivity index (χ2v) is 8.30. The molecule has 3 heterocycles. The van der Waals surface area contributed by atoms with Gasteiger partial charge in [-0.2, -0.15) is 13.2 Å². The van der Waals surface area contributed by atoms with Gasteiger partial charge >= 0.3 is 12.1 Å². The molecular weight excluding hydrogens is 409 g/mol. The van der Waals surface area contributed by atoms with Gasteiger partial charge in [0.25, 0.3) is 5.89 Å². The molecule has 14 heteroatoms. The maximum absolute atomic E-state index is 12.6. The average Bonchev–Trinajstić information content (AvgIpc) is 3.29. The van der Waals surface area contributed by atoms with Crippen molar-refractivity contribution in [3.05, 3.63) is 35.7 Å². The van der Waals surface area contributed by atoms with Crippen molar-refractivity contribution >= 4 is 27.2 Å². The van der Waals surface area contributed by atoms with Crippen molar-refractivity contribution in [1.29, 1.82) is 0 Å². The van der Waals surface area contributed by atoms with E-state index in [0.717, 1.165) is 15.6 Å². The number of hydrogen-bond acceptors (Lipinski definition) is 9. The number of hydrogen-bond donors (Lipinski definition) is 0. The molecule has 0 radical (unpaired) electrons. The summed E-state index contributed by atoms with van der Waals surface area (Å²) in [4.78, 5) is 12.0. The highest BCUT2D eigenvalue weighted by atomic mass is 32.2. The monoisotopic (exact) mass is 420 g/mol. The molecule has 0 spiro atoms. The van der Waals surface area contributed by atoms with E-state index < -0.39 is 22.1 Å².